The third-order valence-corrected chi connectivity index (χ3v) is 5.76. The molecular formula is C23H32Cl2N2O2. The minimum atomic E-state index is -0.0530. The van der Waals surface area contributed by atoms with Crippen molar-refractivity contribution in [1.82, 2.24) is 10.1 Å². The second kappa shape index (κ2) is 12.2. The van der Waals surface area contributed by atoms with E-state index in [9.17, 15) is 4.79 Å². The number of hydrogen-bond acceptors (Lipinski definition) is 3. The molecule has 6 heteroatoms. The van der Waals surface area contributed by atoms with E-state index in [-0.39, 0.29) is 5.91 Å². The van der Waals surface area contributed by atoms with Crippen molar-refractivity contribution in [3.8, 4) is 11.3 Å². The highest BCUT2D eigenvalue weighted by molar-refractivity contribution is 6.39. The number of nitrogens with zero attached hydrogens (tertiary/aromatic N) is 2. The minimum absolute atomic E-state index is 0.0530. The summed E-state index contributed by atoms with van der Waals surface area (Å²) in [5.74, 6) is 0.441. The van der Waals surface area contributed by atoms with Gasteiger partial charge in [0.2, 0.25) is 0 Å². The van der Waals surface area contributed by atoms with Crippen LogP contribution in [0, 0.1) is 6.92 Å². The highest BCUT2D eigenvalue weighted by atomic mass is 35.5. The van der Waals surface area contributed by atoms with Gasteiger partial charge in [-0.3, -0.25) is 4.79 Å². The largest absolute Gasteiger partial charge is 0.360 e. The molecule has 0 N–H and O–H groups in total. The van der Waals surface area contributed by atoms with Crippen molar-refractivity contribution in [1.29, 1.82) is 0 Å². The van der Waals surface area contributed by atoms with Crippen LogP contribution in [0.5, 0.6) is 0 Å². The van der Waals surface area contributed by atoms with E-state index in [2.05, 4.69) is 19.0 Å². The monoisotopic (exact) mass is 438 g/mol. The van der Waals surface area contributed by atoms with Gasteiger partial charge in [0.25, 0.3) is 5.91 Å². The second-order valence-electron chi connectivity index (χ2n) is 7.47. The normalized spacial score (nSPS) is 11.1. The standard InChI is InChI=1S/C23H32Cl2N2O2/c1-4-6-8-10-15-27(16-11-9-7-5-2)23(28)20-17(3)29-26-22(20)21-18(24)13-12-14-19(21)25/h12-14H,4-11,15-16H2,1-3H3. The van der Waals surface area contributed by atoms with Crippen molar-refractivity contribution in [2.45, 2.75) is 72.1 Å². The molecule has 1 amide bonds. The predicted octanol–water partition coefficient (Wildman–Crippen LogP) is 7.56. The molecule has 0 bridgehead atoms. The molecule has 0 fully saturated rings. The lowest BCUT2D eigenvalue weighted by Gasteiger charge is -2.23. The van der Waals surface area contributed by atoms with E-state index in [1.165, 1.54) is 25.7 Å². The van der Waals surface area contributed by atoms with Crippen LogP contribution >= 0.6 is 23.2 Å². The fourth-order valence-corrected chi connectivity index (χ4v) is 4.03. The average molecular weight is 439 g/mol. The van der Waals surface area contributed by atoms with Crippen molar-refractivity contribution in [2.24, 2.45) is 0 Å². The summed E-state index contributed by atoms with van der Waals surface area (Å²) in [6, 6.07) is 5.26. The maximum atomic E-state index is 13.5. The first-order valence-electron chi connectivity index (χ1n) is 10.7. The lowest BCUT2D eigenvalue weighted by molar-refractivity contribution is 0.0748. The minimum Gasteiger partial charge on any atom is -0.360 e. The molecule has 1 aromatic heterocycles. The number of benzene rings is 1. The van der Waals surface area contributed by atoms with Crippen LogP contribution in [0.15, 0.2) is 22.7 Å². The zero-order chi connectivity index (χ0) is 21.2. The lowest BCUT2D eigenvalue weighted by Crippen LogP contribution is -2.33. The van der Waals surface area contributed by atoms with Gasteiger partial charge in [-0.1, -0.05) is 86.8 Å². The van der Waals surface area contributed by atoms with Crippen molar-refractivity contribution in [3.05, 3.63) is 39.6 Å². The Kier molecular flexibility index (Phi) is 10.0. The maximum Gasteiger partial charge on any atom is 0.259 e. The SMILES string of the molecule is CCCCCCN(CCCCCC)C(=O)c1c(-c2c(Cl)cccc2Cl)noc1C. The van der Waals surface area contributed by atoms with Crippen molar-refractivity contribution >= 4 is 29.1 Å². The Hall–Kier alpha value is -1.52. The first-order valence-corrected chi connectivity index (χ1v) is 11.5. The van der Waals surface area contributed by atoms with Gasteiger partial charge >= 0.3 is 0 Å². The molecule has 2 aromatic rings. The Balaban J connectivity index is 2.28. The van der Waals surface area contributed by atoms with Gasteiger partial charge in [-0.25, -0.2) is 0 Å². The van der Waals surface area contributed by atoms with Crippen LogP contribution in [0.1, 0.15) is 81.3 Å². The molecule has 1 aromatic carbocycles. The number of halogens is 2. The van der Waals surface area contributed by atoms with Gasteiger partial charge in [0.1, 0.15) is 17.0 Å². The quantitative estimate of drug-likeness (QED) is 0.321. The summed E-state index contributed by atoms with van der Waals surface area (Å²) in [4.78, 5) is 15.5. The molecule has 0 aliphatic heterocycles. The highest BCUT2D eigenvalue weighted by Gasteiger charge is 2.28. The zero-order valence-corrected chi connectivity index (χ0v) is 19.3. The smallest absolute Gasteiger partial charge is 0.259 e. The molecule has 0 atom stereocenters. The van der Waals surface area contributed by atoms with E-state index in [0.29, 0.717) is 32.6 Å². The molecule has 0 aliphatic carbocycles. The summed E-state index contributed by atoms with van der Waals surface area (Å²) in [7, 11) is 0. The van der Waals surface area contributed by atoms with Crippen molar-refractivity contribution in [2.75, 3.05) is 13.1 Å². The van der Waals surface area contributed by atoms with Crippen LogP contribution in [-0.2, 0) is 0 Å². The highest BCUT2D eigenvalue weighted by Crippen LogP contribution is 2.37. The van der Waals surface area contributed by atoms with Gasteiger partial charge in [0.15, 0.2) is 0 Å². The van der Waals surface area contributed by atoms with Gasteiger partial charge in [-0.05, 0) is 31.9 Å². The Morgan fingerprint density at radius 2 is 1.52 bits per heavy atom. The molecule has 2 rings (SSSR count). The fourth-order valence-electron chi connectivity index (χ4n) is 3.45. The Morgan fingerprint density at radius 1 is 0.966 bits per heavy atom. The number of hydrogen-bond donors (Lipinski definition) is 0. The number of rotatable bonds is 12. The van der Waals surface area contributed by atoms with Crippen LogP contribution in [-0.4, -0.2) is 29.1 Å². The topological polar surface area (TPSA) is 46.3 Å². The van der Waals surface area contributed by atoms with Gasteiger partial charge in [-0.15, -0.1) is 0 Å². The van der Waals surface area contributed by atoms with Crippen LogP contribution in [0.25, 0.3) is 11.3 Å². The molecule has 29 heavy (non-hydrogen) atoms. The number of carbonyl (C=O) groups excluding carboxylic acids is 1. The maximum absolute atomic E-state index is 13.5. The summed E-state index contributed by atoms with van der Waals surface area (Å²) >= 11 is 12.8. The fraction of sp³-hybridized carbons (Fsp3) is 0.565. The van der Waals surface area contributed by atoms with Gasteiger partial charge in [0, 0.05) is 18.7 Å². The molecule has 0 aliphatic rings. The van der Waals surface area contributed by atoms with Crippen LogP contribution < -0.4 is 0 Å². The number of amides is 1. The molecule has 160 valence electrons. The second-order valence-corrected chi connectivity index (χ2v) is 8.29. The number of aryl methyl sites for hydroxylation is 1. The third-order valence-electron chi connectivity index (χ3n) is 5.13. The first kappa shape index (κ1) is 23.8. The third kappa shape index (κ3) is 6.48. The molecule has 0 spiro atoms. The summed E-state index contributed by atoms with van der Waals surface area (Å²) in [6.45, 7) is 7.62. The summed E-state index contributed by atoms with van der Waals surface area (Å²) in [5.41, 5.74) is 1.44. The van der Waals surface area contributed by atoms with Crippen LogP contribution in [0.2, 0.25) is 10.0 Å². The van der Waals surface area contributed by atoms with Crippen molar-refractivity contribution in [3.63, 3.8) is 0 Å². The van der Waals surface area contributed by atoms with E-state index in [4.69, 9.17) is 27.7 Å². The summed E-state index contributed by atoms with van der Waals surface area (Å²) in [5, 5.41) is 5.05. The first-order chi connectivity index (χ1) is 14.0. The molecule has 0 saturated carbocycles. The lowest BCUT2D eigenvalue weighted by atomic mass is 10.0. The van der Waals surface area contributed by atoms with E-state index in [1.54, 1.807) is 25.1 Å². The Labute approximate surface area is 184 Å². The zero-order valence-electron chi connectivity index (χ0n) is 17.8. The molecule has 0 radical (unpaired) electrons. The van der Waals surface area contributed by atoms with Crippen LogP contribution in [0.4, 0.5) is 0 Å². The van der Waals surface area contributed by atoms with Crippen LogP contribution in [0.3, 0.4) is 0 Å². The molecule has 0 saturated heterocycles. The van der Waals surface area contributed by atoms with E-state index >= 15 is 0 Å². The Morgan fingerprint density at radius 3 is 2.03 bits per heavy atom. The molecule has 0 unspecified atom stereocenters. The van der Waals surface area contributed by atoms with Gasteiger partial charge < -0.3 is 9.42 Å². The predicted molar refractivity (Wildman–Crippen MR) is 121 cm³/mol. The van der Waals surface area contributed by atoms with E-state index in [0.717, 1.165) is 38.8 Å². The number of unbranched alkanes of at least 4 members (excludes halogenated alkanes) is 6. The summed E-state index contributed by atoms with van der Waals surface area (Å²) in [6.07, 6.45) is 8.96. The average Bonchev–Trinajstić information content (AvgIpc) is 3.07. The summed E-state index contributed by atoms with van der Waals surface area (Å²) < 4.78 is 5.40. The number of aromatic nitrogens is 1. The molecule has 4 nitrogen and oxygen atoms in total. The molecular weight excluding hydrogens is 407 g/mol. The Bertz CT molecular complexity index is 757. The van der Waals surface area contributed by atoms with E-state index < -0.39 is 0 Å². The molecule has 1 heterocycles. The van der Waals surface area contributed by atoms with Gasteiger partial charge in [-0.2, -0.15) is 0 Å². The van der Waals surface area contributed by atoms with Crippen molar-refractivity contribution < 1.29 is 9.32 Å². The van der Waals surface area contributed by atoms with E-state index in [1.807, 2.05) is 4.90 Å². The van der Waals surface area contributed by atoms with Gasteiger partial charge in [0.05, 0.1) is 10.0 Å². The number of carbonyl (C=O) groups is 1.